The van der Waals surface area contributed by atoms with Crippen LogP contribution < -0.4 is 6.15 Å². The number of hydrogen-bond acceptors (Lipinski definition) is 1. The Hall–Kier alpha value is 0.690. The molecule has 0 rings (SSSR count). The molecule has 0 aromatic rings. The van der Waals surface area contributed by atoms with E-state index in [2.05, 4.69) is 43.4 Å². The highest BCUT2D eigenvalue weighted by molar-refractivity contribution is 14.1. The molecule has 0 aliphatic rings. The summed E-state index contributed by atoms with van der Waals surface area (Å²) in [4.78, 5) is 0. The van der Waals surface area contributed by atoms with Gasteiger partial charge >= 0.3 is 0 Å². The van der Waals surface area contributed by atoms with Gasteiger partial charge in [-0.25, -0.2) is 0 Å². The molecule has 0 saturated carbocycles. The Morgan fingerprint density at radius 3 is 0.615 bits per heavy atom. The molecule has 0 unspecified atom stereocenters. The van der Waals surface area contributed by atoms with Crippen LogP contribution in [0.5, 0.6) is 0 Å². The molecule has 0 fully saturated rings. The van der Waals surface area contributed by atoms with Gasteiger partial charge in [0.2, 0.25) is 0 Å². The van der Waals surface area contributed by atoms with Crippen molar-refractivity contribution in [2.75, 3.05) is 0 Å². The second-order valence-electron chi connectivity index (χ2n) is 12.9. The molecule has 0 spiro atoms. The van der Waals surface area contributed by atoms with E-state index in [-0.39, 0.29) is 6.15 Å². The topological polar surface area (TPSA) is 35.0 Å². The number of halogens is 1. The number of hydrogen-bond donors (Lipinski definition) is 1. The first-order chi connectivity index (χ1) is 18.7. The third kappa shape index (κ3) is 33.1. The van der Waals surface area contributed by atoms with Crippen LogP contribution in [0.2, 0.25) is 0 Å². The minimum Gasteiger partial charge on any atom is -0.344 e. The quantitative estimate of drug-likeness (QED) is 0.0423. The summed E-state index contributed by atoms with van der Waals surface area (Å²) in [6.45, 7) is 6.96. The predicted octanol–water partition coefficient (Wildman–Crippen LogP) is 15.3. The fraction of sp³-hybridized carbons (Fsp3) is 1.00. The summed E-state index contributed by atoms with van der Waals surface area (Å²) in [5.74, 6) is 0. The van der Waals surface area contributed by atoms with Crippen molar-refractivity contribution in [3.8, 4) is 0 Å². The maximum absolute atomic E-state index is 2.94. The molecule has 39 heavy (non-hydrogen) atoms. The zero-order valence-corrected chi connectivity index (χ0v) is 30.1. The minimum absolute atomic E-state index is 0. The summed E-state index contributed by atoms with van der Waals surface area (Å²) in [5.41, 5.74) is 0. The van der Waals surface area contributed by atoms with Crippen LogP contribution in [0.15, 0.2) is 0 Å². The summed E-state index contributed by atoms with van der Waals surface area (Å²) in [5, 5.41) is 0. The Kier molecular flexibility index (Phi) is 37.4. The van der Waals surface area contributed by atoms with E-state index in [0.29, 0.717) is 3.42 Å². The fourth-order valence-electron chi connectivity index (χ4n) is 6.16. The molecule has 2 heteroatoms. The van der Waals surface area contributed by atoms with E-state index >= 15 is 0 Å². The molecule has 0 heterocycles. The minimum atomic E-state index is 0. The number of alkyl halides is 1. The van der Waals surface area contributed by atoms with Crippen LogP contribution >= 0.6 is 22.6 Å². The van der Waals surface area contributed by atoms with Crippen molar-refractivity contribution < 1.29 is 0 Å². The number of rotatable bonds is 33. The van der Waals surface area contributed by atoms with Crippen molar-refractivity contribution in [2.24, 2.45) is 0 Å². The largest absolute Gasteiger partial charge is 0.344 e. The van der Waals surface area contributed by atoms with Gasteiger partial charge in [-0.05, 0) is 19.3 Å². The molecule has 0 aliphatic carbocycles. The molecule has 0 aliphatic heterocycles. The van der Waals surface area contributed by atoms with Crippen molar-refractivity contribution in [3.63, 3.8) is 0 Å². The lowest BCUT2D eigenvalue weighted by atomic mass is 9.89. The van der Waals surface area contributed by atoms with Crippen LogP contribution in [0.4, 0.5) is 0 Å². The van der Waals surface area contributed by atoms with E-state index in [9.17, 15) is 0 Å². The molecule has 0 radical (unpaired) electrons. The summed E-state index contributed by atoms with van der Waals surface area (Å²) in [6, 6.07) is 0. The van der Waals surface area contributed by atoms with Crippen molar-refractivity contribution in [3.05, 3.63) is 0 Å². The first-order valence-electron chi connectivity index (χ1n) is 18.4. The highest BCUT2D eigenvalue weighted by Crippen LogP contribution is 2.37. The Morgan fingerprint density at radius 1 is 0.282 bits per heavy atom. The van der Waals surface area contributed by atoms with Crippen LogP contribution in [-0.2, 0) is 0 Å². The lowest BCUT2D eigenvalue weighted by molar-refractivity contribution is 0.418. The maximum Gasteiger partial charge on any atom is 0.0222 e. The van der Waals surface area contributed by atoms with Gasteiger partial charge in [-0.15, -0.1) is 0 Å². The van der Waals surface area contributed by atoms with E-state index in [1.807, 2.05) is 0 Å². The third-order valence-corrected chi connectivity index (χ3v) is 10.6. The molecule has 0 bridgehead atoms. The standard InChI is InChI=1S/C37H75I.H3N/c1-4-7-10-13-16-19-22-25-28-31-34-37(38,35-32-29-26-23-20-17-14-11-8-5-2)36-33-30-27-24-21-18-15-12-9-6-3;/h4-36H2,1-3H3;1H3. The smallest absolute Gasteiger partial charge is 0.0222 e. The zero-order chi connectivity index (χ0) is 27.8. The lowest BCUT2D eigenvalue weighted by Crippen LogP contribution is -2.20. The molecule has 0 aromatic carbocycles. The van der Waals surface area contributed by atoms with E-state index in [1.54, 1.807) is 0 Å². The van der Waals surface area contributed by atoms with Gasteiger partial charge in [0.05, 0.1) is 0 Å². The van der Waals surface area contributed by atoms with Crippen molar-refractivity contribution in [2.45, 2.75) is 236 Å². The van der Waals surface area contributed by atoms with Crippen molar-refractivity contribution in [1.82, 2.24) is 6.15 Å². The molecular weight excluding hydrogens is 585 g/mol. The van der Waals surface area contributed by atoms with Gasteiger partial charge < -0.3 is 6.15 Å². The summed E-state index contributed by atoms with van der Waals surface area (Å²) >= 11 is 2.94. The van der Waals surface area contributed by atoms with Crippen LogP contribution in [0.25, 0.3) is 0 Å². The number of unbranched alkanes of at least 4 members (excludes halogenated alkanes) is 27. The average molecular weight is 664 g/mol. The van der Waals surface area contributed by atoms with Crippen LogP contribution in [0, 0.1) is 0 Å². The molecule has 3 N–H and O–H groups in total. The Morgan fingerprint density at radius 2 is 0.436 bits per heavy atom. The predicted molar refractivity (Wildman–Crippen MR) is 191 cm³/mol. The van der Waals surface area contributed by atoms with Gasteiger partial charge in [0, 0.05) is 3.42 Å². The van der Waals surface area contributed by atoms with Gasteiger partial charge in [-0.1, -0.05) is 236 Å². The fourth-order valence-corrected chi connectivity index (χ4v) is 7.31. The molecular formula is C37H78IN. The maximum atomic E-state index is 2.94. The molecule has 238 valence electrons. The third-order valence-electron chi connectivity index (χ3n) is 8.94. The SMILES string of the molecule is CCCCCCCCCCCCC(I)(CCCCCCCCCCCC)CCCCCCCCCCCC.N. The first-order valence-corrected chi connectivity index (χ1v) is 19.4. The second kappa shape index (κ2) is 34.9. The molecule has 0 amide bonds. The van der Waals surface area contributed by atoms with Gasteiger partial charge in [0.1, 0.15) is 0 Å². The van der Waals surface area contributed by atoms with Gasteiger partial charge in [-0.3, -0.25) is 0 Å². The Balaban J connectivity index is 0. The van der Waals surface area contributed by atoms with E-state index in [0.717, 1.165) is 0 Å². The highest BCUT2D eigenvalue weighted by atomic mass is 127. The monoisotopic (exact) mass is 664 g/mol. The van der Waals surface area contributed by atoms with Crippen molar-refractivity contribution in [1.29, 1.82) is 0 Å². The average Bonchev–Trinajstić information content (AvgIpc) is 2.92. The van der Waals surface area contributed by atoms with E-state index < -0.39 is 0 Å². The Labute approximate surface area is 263 Å². The molecule has 0 saturated heterocycles. The first kappa shape index (κ1) is 41.8. The van der Waals surface area contributed by atoms with Crippen LogP contribution in [0.3, 0.4) is 0 Å². The second-order valence-corrected chi connectivity index (χ2v) is 15.2. The van der Waals surface area contributed by atoms with Gasteiger partial charge in [0.25, 0.3) is 0 Å². The highest BCUT2D eigenvalue weighted by Gasteiger charge is 2.24. The zero-order valence-electron chi connectivity index (χ0n) is 27.9. The summed E-state index contributed by atoms with van der Waals surface area (Å²) in [6.07, 6.45) is 48.4. The summed E-state index contributed by atoms with van der Waals surface area (Å²) < 4.78 is 0.595. The van der Waals surface area contributed by atoms with Gasteiger partial charge in [-0.2, -0.15) is 0 Å². The molecule has 0 atom stereocenters. The normalized spacial score (nSPS) is 11.7. The Bertz CT molecular complexity index is 364. The lowest BCUT2D eigenvalue weighted by Gasteiger charge is -2.28. The van der Waals surface area contributed by atoms with Crippen LogP contribution in [-0.4, -0.2) is 3.42 Å². The van der Waals surface area contributed by atoms with Crippen LogP contribution in [0.1, 0.15) is 233 Å². The summed E-state index contributed by atoms with van der Waals surface area (Å²) in [7, 11) is 0. The molecule has 1 nitrogen and oxygen atoms in total. The molecule has 0 aromatic heterocycles. The van der Waals surface area contributed by atoms with E-state index in [1.165, 1.54) is 212 Å². The van der Waals surface area contributed by atoms with E-state index in [4.69, 9.17) is 0 Å². The van der Waals surface area contributed by atoms with Gasteiger partial charge in [0.15, 0.2) is 0 Å². The van der Waals surface area contributed by atoms with Crippen molar-refractivity contribution >= 4 is 22.6 Å².